The van der Waals surface area contributed by atoms with Gasteiger partial charge in [0, 0.05) is 6.20 Å². The first-order valence-electron chi connectivity index (χ1n) is 4.29. The molecular weight excluding hydrogens is 259 g/mol. The Morgan fingerprint density at radius 2 is 1.82 bits per heavy atom. The van der Waals surface area contributed by atoms with Gasteiger partial charge in [0.05, 0.1) is 21.3 Å². The van der Waals surface area contributed by atoms with Crippen LogP contribution in [-0.4, -0.2) is 0 Å². The molecule has 1 aromatic rings. The van der Waals surface area contributed by atoms with Crippen molar-refractivity contribution in [3.63, 3.8) is 0 Å². The van der Waals surface area contributed by atoms with Crippen molar-refractivity contribution in [2.24, 2.45) is 0 Å². The highest BCUT2D eigenvalue weighted by Crippen LogP contribution is 2.30. The highest BCUT2D eigenvalue weighted by molar-refractivity contribution is 6.43. The van der Waals surface area contributed by atoms with Gasteiger partial charge in [-0.25, -0.2) is 0 Å². The van der Waals surface area contributed by atoms with Crippen molar-refractivity contribution in [3.05, 3.63) is 39.5 Å². The summed E-state index contributed by atoms with van der Waals surface area (Å²) in [6.45, 7) is 0. The minimum absolute atomic E-state index is 0.111. The first kappa shape index (κ1) is 12.9. The number of anilines is 1. The summed E-state index contributed by atoms with van der Waals surface area (Å²) in [5, 5.41) is 29.0. The lowest BCUT2D eigenvalue weighted by Gasteiger charge is -2.06. The molecule has 0 aliphatic rings. The summed E-state index contributed by atoms with van der Waals surface area (Å²) in [6, 6.07) is 8.30. The molecule has 17 heavy (non-hydrogen) atoms. The maximum atomic E-state index is 8.92. The van der Waals surface area contributed by atoms with Crippen LogP contribution in [0, 0.1) is 34.0 Å². The Morgan fingerprint density at radius 3 is 2.35 bits per heavy atom. The molecule has 0 radical (unpaired) electrons. The maximum absolute atomic E-state index is 8.92. The molecule has 0 saturated heterocycles. The normalized spacial score (nSPS) is 8.41. The van der Waals surface area contributed by atoms with Gasteiger partial charge in [0.25, 0.3) is 0 Å². The molecule has 0 aliphatic heterocycles. The van der Waals surface area contributed by atoms with E-state index in [9.17, 15) is 0 Å². The van der Waals surface area contributed by atoms with Gasteiger partial charge in [0.15, 0.2) is 0 Å². The van der Waals surface area contributed by atoms with Crippen LogP contribution in [-0.2, 0) is 0 Å². The monoisotopic (exact) mass is 262 g/mol. The number of allylic oxidation sites excluding steroid dienone is 1. The van der Waals surface area contributed by atoms with Crippen LogP contribution in [0.15, 0.2) is 23.9 Å². The fraction of sp³-hybridized carbons (Fsp3) is 0. The van der Waals surface area contributed by atoms with Crippen molar-refractivity contribution >= 4 is 28.9 Å². The van der Waals surface area contributed by atoms with E-state index in [1.54, 1.807) is 12.1 Å². The summed E-state index contributed by atoms with van der Waals surface area (Å²) in [6.07, 6.45) is 1.19. The minimum atomic E-state index is -0.111. The number of benzene rings is 1. The van der Waals surface area contributed by atoms with Gasteiger partial charge in [-0.05, 0) is 12.1 Å². The lowest BCUT2D eigenvalue weighted by molar-refractivity contribution is 1.43. The molecule has 0 amide bonds. The van der Waals surface area contributed by atoms with Crippen molar-refractivity contribution < 1.29 is 0 Å². The predicted octanol–water partition coefficient (Wildman–Crippen LogP) is 3.21. The van der Waals surface area contributed by atoms with E-state index in [-0.39, 0.29) is 21.2 Å². The fourth-order valence-electron chi connectivity index (χ4n) is 1.02. The number of rotatable bonds is 2. The third kappa shape index (κ3) is 2.89. The molecule has 0 spiro atoms. The summed E-state index contributed by atoms with van der Waals surface area (Å²) >= 11 is 11.6. The molecule has 0 fully saturated rings. The van der Waals surface area contributed by atoms with Gasteiger partial charge < -0.3 is 5.32 Å². The van der Waals surface area contributed by atoms with E-state index >= 15 is 0 Å². The van der Waals surface area contributed by atoms with E-state index in [1.807, 2.05) is 6.07 Å². The van der Waals surface area contributed by atoms with Crippen LogP contribution in [0.5, 0.6) is 0 Å². The lowest BCUT2D eigenvalue weighted by Crippen LogP contribution is -1.94. The minimum Gasteiger partial charge on any atom is -0.359 e. The van der Waals surface area contributed by atoms with Crippen LogP contribution in [0.25, 0.3) is 0 Å². The van der Waals surface area contributed by atoms with E-state index in [0.717, 1.165) is 0 Å². The van der Waals surface area contributed by atoms with Crippen molar-refractivity contribution in [1.29, 1.82) is 15.8 Å². The predicted molar refractivity (Wildman–Crippen MR) is 64.1 cm³/mol. The molecule has 1 N–H and O–H groups in total. The van der Waals surface area contributed by atoms with Crippen LogP contribution in [0.4, 0.5) is 5.69 Å². The molecule has 0 atom stereocenters. The molecule has 0 heterocycles. The number of nitriles is 3. The van der Waals surface area contributed by atoms with Gasteiger partial charge >= 0.3 is 0 Å². The van der Waals surface area contributed by atoms with Crippen LogP contribution in [0.2, 0.25) is 10.0 Å². The summed E-state index contributed by atoms with van der Waals surface area (Å²) in [5.41, 5.74) is 0.426. The Kier molecular flexibility index (Phi) is 4.37. The van der Waals surface area contributed by atoms with Gasteiger partial charge in [-0.2, -0.15) is 15.8 Å². The fourth-order valence-corrected chi connectivity index (χ4v) is 1.38. The second-order valence-electron chi connectivity index (χ2n) is 2.82. The number of nitrogens with one attached hydrogen (secondary N) is 1. The van der Waals surface area contributed by atoms with Gasteiger partial charge in [0.1, 0.15) is 23.8 Å². The maximum Gasteiger partial charge on any atom is 0.145 e. The molecule has 0 saturated carbocycles. The third-order valence-electron chi connectivity index (χ3n) is 1.82. The van der Waals surface area contributed by atoms with E-state index in [0.29, 0.717) is 5.69 Å². The van der Waals surface area contributed by atoms with Crippen LogP contribution in [0.3, 0.4) is 0 Å². The Hall–Kier alpha value is -2.19. The van der Waals surface area contributed by atoms with Crippen LogP contribution in [0.1, 0.15) is 5.56 Å². The first-order chi connectivity index (χ1) is 8.13. The first-order valence-corrected chi connectivity index (χ1v) is 5.04. The average Bonchev–Trinajstić information content (AvgIpc) is 2.35. The number of hydrogen-bond acceptors (Lipinski definition) is 4. The lowest BCUT2D eigenvalue weighted by atomic mass is 10.2. The molecule has 82 valence electrons. The molecule has 1 rings (SSSR count). The molecule has 6 heteroatoms. The largest absolute Gasteiger partial charge is 0.359 e. The van der Waals surface area contributed by atoms with Gasteiger partial charge in [0.2, 0.25) is 0 Å². The molecule has 0 aliphatic carbocycles. The van der Waals surface area contributed by atoms with E-state index in [4.69, 9.17) is 39.0 Å². The Bertz CT molecular complexity index is 584. The number of hydrogen-bond donors (Lipinski definition) is 1. The molecule has 0 unspecified atom stereocenters. The van der Waals surface area contributed by atoms with Crippen molar-refractivity contribution in [2.45, 2.75) is 0 Å². The third-order valence-corrected chi connectivity index (χ3v) is 2.62. The van der Waals surface area contributed by atoms with Gasteiger partial charge in [-0.3, -0.25) is 0 Å². The van der Waals surface area contributed by atoms with Crippen molar-refractivity contribution in [3.8, 4) is 18.2 Å². The smallest absolute Gasteiger partial charge is 0.145 e. The van der Waals surface area contributed by atoms with Crippen LogP contribution >= 0.6 is 23.2 Å². The Morgan fingerprint density at radius 1 is 1.18 bits per heavy atom. The zero-order valence-corrected chi connectivity index (χ0v) is 9.84. The SMILES string of the molecule is N#CC(C#N)=CNc1ccc(Cl)c(Cl)c1C#N. The van der Waals surface area contributed by atoms with Crippen molar-refractivity contribution in [1.82, 2.24) is 0 Å². The second kappa shape index (κ2) is 5.77. The average molecular weight is 263 g/mol. The molecule has 0 aromatic heterocycles. The Balaban J connectivity index is 3.16. The number of halogens is 2. The van der Waals surface area contributed by atoms with Gasteiger partial charge in [-0.15, -0.1) is 0 Å². The molecule has 1 aromatic carbocycles. The second-order valence-corrected chi connectivity index (χ2v) is 3.61. The van der Waals surface area contributed by atoms with Gasteiger partial charge in [-0.1, -0.05) is 23.2 Å². The summed E-state index contributed by atoms with van der Waals surface area (Å²) in [7, 11) is 0. The quantitative estimate of drug-likeness (QED) is 0.830. The number of nitrogens with zero attached hydrogens (tertiary/aromatic N) is 3. The summed E-state index contributed by atoms with van der Waals surface area (Å²) < 4.78 is 0. The molecule has 0 bridgehead atoms. The van der Waals surface area contributed by atoms with Crippen LogP contribution < -0.4 is 5.32 Å². The zero-order chi connectivity index (χ0) is 12.8. The molecule has 4 nitrogen and oxygen atoms in total. The highest BCUT2D eigenvalue weighted by atomic mass is 35.5. The standard InChI is InChI=1S/C11H4Cl2N4/c12-9-1-2-10(8(5-16)11(9)13)17-6-7(3-14)4-15/h1-2,6,17H. The topological polar surface area (TPSA) is 83.4 Å². The van der Waals surface area contributed by atoms with E-state index in [2.05, 4.69) is 5.32 Å². The summed E-state index contributed by atoms with van der Waals surface area (Å²) in [4.78, 5) is 0. The molecular formula is C11H4Cl2N4. The van der Waals surface area contributed by atoms with E-state index < -0.39 is 0 Å². The highest BCUT2D eigenvalue weighted by Gasteiger charge is 2.09. The van der Waals surface area contributed by atoms with E-state index in [1.165, 1.54) is 18.3 Å². The summed E-state index contributed by atoms with van der Waals surface area (Å²) in [5.74, 6) is 0. The zero-order valence-electron chi connectivity index (χ0n) is 8.33. The van der Waals surface area contributed by atoms with Crippen molar-refractivity contribution in [2.75, 3.05) is 5.32 Å². The Labute approximate surface area is 108 Å².